The Labute approximate surface area is 231 Å². The number of ether oxygens (including phenoxy) is 2. The fraction of sp³-hybridized carbons (Fsp3) is 0.367. The van der Waals surface area contributed by atoms with Crippen LogP contribution in [0.25, 0.3) is 0 Å². The maximum Gasteiger partial charge on any atom is 0.337 e. The number of methoxy groups -OCH3 is 1. The van der Waals surface area contributed by atoms with Gasteiger partial charge in [0.1, 0.15) is 17.2 Å². The summed E-state index contributed by atoms with van der Waals surface area (Å²) < 4.78 is 38.4. The summed E-state index contributed by atoms with van der Waals surface area (Å²) in [6.07, 6.45) is 0.494. The van der Waals surface area contributed by atoms with Crippen molar-refractivity contribution in [2.24, 2.45) is 5.92 Å². The minimum atomic E-state index is -1.64. The summed E-state index contributed by atoms with van der Waals surface area (Å²) in [5.74, 6) is -1.45. The number of aliphatic hydroxyl groups excluding tert-OH is 1. The summed E-state index contributed by atoms with van der Waals surface area (Å²) in [6.45, 7) is 2.68. The Kier molecular flexibility index (Phi) is 10.6. The SMILES string of the molecule is COc1cc(C(O)C(=O)O)ccc1OCCCN1CCC(C(O)(c2ccc(F)cc2)c2ccc(F)cc2)CC1.O. The standard InChI is InChI=1S/C30H33F2NO6.H2O/c1-38-27-19-20(28(34)29(35)36)3-12-26(27)39-18-2-15-33-16-13-23(14-17-33)30(37,21-4-8-24(31)9-5-21)22-6-10-25(32)11-7-22;/h3-12,19,23,28,34,37H,2,13-18H2,1H3,(H,35,36);1H2. The zero-order valence-electron chi connectivity index (χ0n) is 22.2. The van der Waals surface area contributed by atoms with Crippen LogP contribution in [0.3, 0.4) is 0 Å². The van der Waals surface area contributed by atoms with E-state index in [9.17, 15) is 23.8 Å². The number of aliphatic carboxylic acids is 1. The van der Waals surface area contributed by atoms with Crippen molar-refractivity contribution >= 4 is 5.97 Å². The number of carboxylic acids is 1. The predicted molar refractivity (Wildman–Crippen MR) is 144 cm³/mol. The Bertz CT molecular complexity index is 1200. The molecule has 1 unspecified atom stereocenters. The molecule has 216 valence electrons. The van der Waals surface area contributed by atoms with Gasteiger partial charge in [0.15, 0.2) is 17.6 Å². The Morgan fingerprint density at radius 3 is 2.02 bits per heavy atom. The highest BCUT2D eigenvalue weighted by Crippen LogP contribution is 2.42. The van der Waals surface area contributed by atoms with E-state index in [1.54, 1.807) is 30.3 Å². The summed E-state index contributed by atoms with van der Waals surface area (Å²) in [5.41, 5.74) is 0.000251. The highest BCUT2D eigenvalue weighted by atomic mass is 19.1. The molecular weight excluding hydrogens is 524 g/mol. The summed E-state index contributed by atoms with van der Waals surface area (Å²) in [7, 11) is 1.45. The topological polar surface area (TPSA) is 131 Å². The van der Waals surface area contributed by atoms with E-state index >= 15 is 0 Å². The molecule has 0 aromatic heterocycles. The van der Waals surface area contributed by atoms with Crippen molar-refractivity contribution < 1.29 is 43.8 Å². The number of carbonyl (C=O) groups is 1. The molecule has 1 heterocycles. The normalized spacial score (nSPS) is 15.2. The number of hydrogen-bond donors (Lipinski definition) is 3. The lowest BCUT2D eigenvalue weighted by molar-refractivity contribution is -0.146. The molecule has 0 aliphatic carbocycles. The summed E-state index contributed by atoms with van der Waals surface area (Å²) in [6, 6.07) is 16.2. The molecule has 1 aliphatic heterocycles. The lowest BCUT2D eigenvalue weighted by Crippen LogP contribution is -2.44. The van der Waals surface area contributed by atoms with Crippen LogP contribution in [0.15, 0.2) is 66.7 Å². The van der Waals surface area contributed by atoms with Gasteiger partial charge in [-0.25, -0.2) is 13.6 Å². The summed E-state index contributed by atoms with van der Waals surface area (Å²) in [5, 5.41) is 30.7. The number of nitrogens with zero attached hydrogens (tertiary/aromatic N) is 1. The van der Waals surface area contributed by atoms with Crippen molar-refractivity contribution in [2.75, 3.05) is 33.4 Å². The molecule has 0 saturated carbocycles. The van der Waals surface area contributed by atoms with Gasteiger partial charge in [-0.3, -0.25) is 0 Å². The minimum absolute atomic E-state index is 0. The van der Waals surface area contributed by atoms with Crippen molar-refractivity contribution in [1.29, 1.82) is 0 Å². The van der Waals surface area contributed by atoms with Crippen molar-refractivity contribution in [1.82, 2.24) is 4.90 Å². The van der Waals surface area contributed by atoms with Gasteiger partial charge in [0.25, 0.3) is 0 Å². The average molecular weight is 560 g/mol. The van der Waals surface area contributed by atoms with Crippen LogP contribution in [0.2, 0.25) is 0 Å². The fourth-order valence-electron chi connectivity index (χ4n) is 5.21. The molecule has 3 aromatic carbocycles. The van der Waals surface area contributed by atoms with Gasteiger partial charge in [-0.1, -0.05) is 30.3 Å². The number of halogens is 2. The number of aliphatic hydroxyl groups is 2. The molecule has 8 nitrogen and oxygen atoms in total. The van der Waals surface area contributed by atoms with E-state index in [-0.39, 0.29) is 28.6 Å². The molecule has 1 fully saturated rings. The van der Waals surface area contributed by atoms with Gasteiger partial charge in [-0.2, -0.15) is 0 Å². The first-order valence-corrected chi connectivity index (χ1v) is 12.9. The zero-order chi connectivity index (χ0) is 28.0. The molecule has 10 heteroatoms. The van der Waals surface area contributed by atoms with Crippen LogP contribution in [0.4, 0.5) is 8.78 Å². The maximum absolute atomic E-state index is 13.6. The van der Waals surface area contributed by atoms with Crippen LogP contribution in [-0.4, -0.2) is 65.0 Å². The van der Waals surface area contributed by atoms with E-state index in [0.717, 1.165) is 26.1 Å². The molecule has 1 aliphatic rings. The van der Waals surface area contributed by atoms with E-state index in [0.29, 0.717) is 42.1 Å². The van der Waals surface area contributed by atoms with Gasteiger partial charge in [-0.15, -0.1) is 0 Å². The fourth-order valence-corrected chi connectivity index (χ4v) is 5.21. The number of piperidine rings is 1. The maximum atomic E-state index is 13.6. The molecule has 0 spiro atoms. The van der Waals surface area contributed by atoms with Crippen molar-refractivity contribution in [2.45, 2.75) is 31.0 Å². The predicted octanol–water partition coefficient (Wildman–Crippen LogP) is 3.68. The molecule has 0 bridgehead atoms. The minimum Gasteiger partial charge on any atom is -0.493 e. The molecule has 0 radical (unpaired) electrons. The summed E-state index contributed by atoms with van der Waals surface area (Å²) >= 11 is 0. The van der Waals surface area contributed by atoms with Crippen LogP contribution < -0.4 is 9.47 Å². The first-order valence-electron chi connectivity index (χ1n) is 12.9. The van der Waals surface area contributed by atoms with E-state index in [1.165, 1.54) is 43.5 Å². The monoisotopic (exact) mass is 559 g/mol. The Morgan fingerprint density at radius 2 is 1.52 bits per heavy atom. The van der Waals surface area contributed by atoms with Gasteiger partial charge in [-0.05, 0) is 91.4 Å². The third-order valence-electron chi connectivity index (χ3n) is 7.36. The van der Waals surface area contributed by atoms with Crippen LogP contribution in [0.5, 0.6) is 11.5 Å². The number of carboxylic acid groups (broad SMARTS) is 1. The highest BCUT2D eigenvalue weighted by Gasteiger charge is 2.41. The first kappa shape index (κ1) is 31.0. The highest BCUT2D eigenvalue weighted by molar-refractivity contribution is 5.74. The van der Waals surface area contributed by atoms with Crippen LogP contribution in [0, 0.1) is 17.6 Å². The molecule has 4 rings (SSSR count). The second-order valence-corrected chi connectivity index (χ2v) is 9.75. The third-order valence-corrected chi connectivity index (χ3v) is 7.36. The van der Waals surface area contributed by atoms with E-state index in [4.69, 9.17) is 14.6 Å². The molecule has 1 saturated heterocycles. The van der Waals surface area contributed by atoms with Gasteiger partial charge in [0.2, 0.25) is 0 Å². The van der Waals surface area contributed by atoms with E-state index < -0.39 is 17.7 Å². The molecule has 5 N–H and O–H groups in total. The molecule has 1 atom stereocenters. The average Bonchev–Trinajstić information content (AvgIpc) is 2.95. The Morgan fingerprint density at radius 1 is 0.975 bits per heavy atom. The Hall–Kier alpha value is -3.57. The Balaban J connectivity index is 0.00000441. The second-order valence-electron chi connectivity index (χ2n) is 9.75. The van der Waals surface area contributed by atoms with Gasteiger partial charge in [0, 0.05) is 6.54 Å². The molecule has 40 heavy (non-hydrogen) atoms. The first-order chi connectivity index (χ1) is 18.7. The van der Waals surface area contributed by atoms with Crippen molar-refractivity contribution in [3.05, 3.63) is 95.1 Å². The number of benzene rings is 3. The van der Waals surface area contributed by atoms with Gasteiger partial charge in [0.05, 0.1) is 13.7 Å². The molecule has 3 aromatic rings. The van der Waals surface area contributed by atoms with Crippen molar-refractivity contribution in [3.8, 4) is 11.5 Å². The second kappa shape index (κ2) is 13.7. The van der Waals surface area contributed by atoms with Gasteiger partial charge < -0.3 is 35.2 Å². The third kappa shape index (κ3) is 6.95. The summed E-state index contributed by atoms with van der Waals surface area (Å²) in [4.78, 5) is 13.3. The number of likely N-dealkylation sites (tertiary alicyclic amines) is 1. The molecular formula is C30H35F2NO7. The number of hydrogen-bond acceptors (Lipinski definition) is 6. The largest absolute Gasteiger partial charge is 0.493 e. The van der Waals surface area contributed by atoms with Crippen molar-refractivity contribution in [3.63, 3.8) is 0 Å². The smallest absolute Gasteiger partial charge is 0.337 e. The van der Waals surface area contributed by atoms with Crippen LogP contribution in [-0.2, 0) is 10.4 Å². The van der Waals surface area contributed by atoms with Crippen LogP contribution in [0.1, 0.15) is 42.1 Å². The lowest BCUT2D eigenvalue weighted by Gasteiger charge is -2.42. The van der Waals surface area contributed by atoms with Gasteiger partial charge >= 0.3 is 5.97 Å². The van der Waals surface area contributed by atoms with Crippen LogP contribution >= 0.6 is 0 Å². The lowest BCUT2D eigenvalue weighted by atomic mass is 9.72. The number of rotatable bonds is 11. The van der Waals surface area contributed by atoms with E-state index in [2.05, 4.69) is 4.90 Å². The zero-order valence-corrected chi connectivity index (χ0v) is 22.2. The quantitative estimate of drug-likeness (QED) is 0.306. The molecule has 0 amide bonds. The van der Waals surface area contributed by atoms with E-state index in [1.807, 2.05) is 0 Å².